The van der Waals surface area contributed by atoms with E-state index in [0.29, 0.717) is 5.56 Å². The first-order valence-electron chi connectivity index (χ1n) is 3.83. The van der Waals surface area contributed by atoms with Crippen LogP contribution in [0.1, 0.15) is 10.4 Å². The van der Waals surface area contributed by atoms with E-state index in [1.165, 1.54) is 0 Å². The van der Waals surface area contributed by atoms with Crippen LogP contribution in [-0.2, 0) is 10.4 Å². The van der Waals surface area contributed by atoms with Crippen LogP contribution in [0.4, 0.5) is 0 Å². The van der Waals surface area contributed by atoms with Crippen LogP contribution < -0.4 is 5.73 Å². The van der Waals surface area contributed by atoms with Gasteiger partial charge in [0.2, 0.25) is 0 Å². The molecule has 84 valence electrons. The number of carbonyl (C=O) groups excluding carboxylic acids is 1. The summed E-state index contributed by atoms with van der Waals surface area (Å²) in [5, 5.41) is 0. The highest BCUT2D eigenvalue weighted by Crippen LogP contribution is 1.97. The molecule has 1 aromatic rings. The molecule has 0 unspecified atom stereocenters. The van der Waals surface area contributed by atoms with Gasteiger partial charge in [-0.25, -0.2) is 0 Å². The third-order valence-corrected chi connectivity index (χ3v) is 1.28. The number of Topliss-reactive ketones (excluding diaryl/α,β-unsaturated/α-hetero) is 1. The molecule has 0 saturated heterocycles. The van der Waals surface area contributed by atoms with Crippen LogP contribution in [0.2, 0.25) is 0 Å². The van der Waals surface area contributed by atoms with E-state index in [1.807, 2.05) is 18.2 Å². The van der Waals surface area contributed by atoms with Gasteiger partial charge >= 0.3 is 10.4 Å². The summed E-state index contributed by atoms with van der Waals surface area (Å²) in [6, 6.07) is 9.03. The third-order valence-electron chi connectivity index (χ3n) is 1.28. The van der Waals surface area contributed by atoms with Gasteiger partial charge in [-0.1, -0.05) is 30.3 Å². The predicted molar refractivity (Wildman–Crippen MR) is 54.0 cm³/mol. The highest BCUT2D eigenvalue weighted by Gasteiger charge is 1.98. The maximum absolute atomic E-state index is 10.9. The molecule has 0 aliphatic rings. The molecule has 0 spiro atoms. The zero-order valence-electron chi connectivity index (χ0n) is 7.70. The van der Waals surface area contributed by atoms with Gasteiger partial charge in [0.1, 0.15) is 0 Å². The summed E-state index contributed by atoms with van der Waals surface area (Å²) in [6.45, 7) is 0.0873. The van der Waals surface area contributed by atoms with E-state index in [0.717, 1.165) is 0 Å². The predicted octanol–water partition coefficient (Wildman–Crippen LogP) is 0.175. The average molecular weight is 233 g/mol. The smallest absolute Gasteiger partial charge is 0.324 e. The molecule has 0 fully saturated rings. The van der Waals surface area contributed by atoms with Crippen molar-refractivity contribution in [3.05, 3.63) is 35.9 Å². The number of nitrogens with two attached hydrogens (primary N) is 1. The molecule has 1 rings (SSSR count). The Bertz CT molecular complexity index is 392. The van der Waals surface area contributed by atoms with Gasteiger partial charge in [-0.3, -0.25) is 13.9 Å². The number of carbonyl (C=O) groups is 1. The van der Waals surface area contributed by atoms with Crippen LogP contribution in [0.5, 0.6) is 0 Å². The van der Waals surface area contributed by atoms with Gasteiger partial charge < -0.3 is 5.73 Å². The van der Waals surface area contributed by atoms with Crippen molar-refractivity contribution < 1.29 is 22.3 Å². The maximum atomic E-state index is 10.9. The highest BCUT2D eigenvalue weighted by atomic mass is 32.3. The number of ketones is 1. The Morgan fingerprint density at radius 3 is 1.93 bits per heavy atom. The van der Waals surface area contributed by atoms with Gasteiger partial charge in [0.25, 0.3) is 0 Å². The molecule has 0 atom stereocenters. The Balaban J connectivity index is 0.000000336. The van der Waals surface area contributed by atoms with Crippen molar-refractivity contribution in [3.63, 3.8) is 0 Å². The molecule has 7 heteroatoms. The summed E-state index contributed by atoms with van der Waals surface area (Å²) in [5.74, 6) is -0.0133. The van der Waals surface area contributed by atoms with Crippen molar-refractivity contribution in [2.45, 2.75) is 0 Å². The number of benzene rings is 1. The Hall–Kier alpha value is -1.28. The summed E-state index contributed by atoms with van der Waals surface area (Å²) >= 11 is 0. The lowest BCUT2D eigenvalue weighted by Gasteiger charge is -1.93. The van der Waals surface area contributed by atoms with Crippen LogP contribution in [0.15, 0.2) is 30.3 Å². The molecule has 15 heavy (non-hydrogen) atoms. The van der Waals surface area contributed by atoms with Crippen LogP contribution in [0.3, 0.4) is 0 Å². The minimum Gasteiger partial charge on any atom is -0.324 e. The molecule has 6 nitrogen and oxygen atoms in total. The standard InChI is InChI=1S/C8H9NO.H2O4S/c9-6-8(10)7-4-2-1-3-5-7;1-5(2,3)4/h1-5H,6,9H2;(H2,1,2,3,4). The molecule has 0 aliphatic heterocycles. The molecular weight excluding hydrogens is 222 g/mol. The lowest BCUT2D eigenvalue weighted by atomic mass is 10.1. The topological polar surface area (TPSA) is 118 Å². The Morgan fingerprint density at radius 2 is 1.60 bits per heavy atom. The van der Waals surface area contributed by atoms with Crippen LogP contribution >= 0.6 is 0 Å². The molecule has 4 N–H and O–H groups in total. The van der Waals surface area contributed by atoms with Crippen molar-refractivity contribution >= 4 is 16.2 Å². The van der Waals surface area contributed by atoms with E-state index in [1.54, 1.807) is 12.1 Å². The van der Waals surface area contributed by atoms with Gasteiger partial charge in [0.15, 0.2) is 5.78 Å². The largest absolute Gasteiger partial charge is 0.394 e. The highest BCUT2D eigenvalue weighted by molar-refractivity contribution is 7.79. The zero-order valence-corrected chi connectivity index (χ0v) is 8.52. The summed E-state index contributed by atoms with van der Waals surface area (Å²) in [4.78, 5) is 10.9. The second-order valence-electron chi connectivity index (χ2n) is 2.44. The molecule has 0 bridgehead atoms. The van der Waals surface area contributed by atoms with E-state index < -0.39 is 10.4 Å². The maximum Gasteiger partial charge on any atom is 0.394 e. The fourth-order valence-corrected chi connectivity index (χ4v) is 0.742. The van der Waals surface area contributed by atoms with Crippen molar-refractivity contribution in [2.75, 3.05) is 6.54 Å². The summed E-state index contributed by atoms with van der Waals surface area (Å²) in [5.41, 5.74) is 5.84. The second-order valence-corrected chi connectivity index (χ2v) is 3.34. The Kier molecular flexibility index (Phi) is 5.72. The van der Waals surface area contributed by atoms with Crippen LogP contribution in [-0.4, -0.2) is 29.9 Å². The fourth-order valence-electron chi connectivity index (χ4n) is 0.742. The zero-order chi connectivity index (χ0) is 11.9. The van der Waals surface area contributed by atoms with Gasteiger partial charge in [0, 0.05) is 5.56 Å². The SMILES string of the molecule is NCC(=O)c1ccccc1.O=S(=O)(O)O. The lowest BCUT2D eigenvalue weighted by molar-refractivity contribution is 0.100. The molecule has 0 aromatic heterocycles. The Labute approximate surface area is 87.3 Å². The van der Waals surface area contributed by atoms with Gasteiger partial charge in [-0.05, 0) is 0 Å². The van der Waals surface area contributed by atoms with E-state index in [9.17, 15) is 4.79 Å². The lowest BCUT2D eigenvalue weighted by Crippen LogP contribution is -2.12. The van der Waals surface area contributed by atoms with Crippen molar-refractivity contribution in [2.24, 2.45) is 5.73 Å². The van der Waals surface area contributed by atoms with Gasteiger partial charge in [0.05, 0.1) is 6.54 Å². The van der Waals surface area contributed by atoms with E-state index >= 15 is 0 Å². The van der Waals surface area contributed by atoms with E-state index in [4.69, 9.17) is 23.3 Å². The minimum absolute atomic E-state index is 0.0133. The first kappa shape index (κ1) is 13.7. The molecule has 0 saturated carbocycles. The summed E-state index contributed by atoms with van der Waals surface area (Å²) < 4.78 is 31.6. The van der Waals surface area contributed by atoms with Crippen LogP contribution in [0, 0.1) is 0 Å². The summed E-state index contributed by atoms with van der Waals surface area (Å²) in [7, 11) is -4.67. The van der Waals surface area contributed by atoms with Crippen molar-refractivity contribution in [1.29, 1.82) is 0 Å². The number of rotatable bonds is 2. The monoisotopic (exact) mass is 233 g/mol. The molecule has 0 amide bonds. The second kappa shape index (κ2) is 6.25. The molecular formula is C8H11NO5S. The molecule has 1 aromatic carbocycles. The molecule has 0 aliphatic carbocycles. The van der Waals surface area contributed by atoms with E-state index in [2.05, 4.69) is 0 Å². The fraction of sp³-hybridized carbons (Fsp3) is 0.125. The minimum atomic E-state index is -4.67. The number of hydrogen-bond acceptors (Lipinski definition) is 4. The number of hydrogen-bond donors (Lipinski definition) is 3. The average Bonchev–Trinajstić information content (AvgIpc) is 2.15. The molecule has 0 heterocycles. The first-order valence-corrected chi connectivity index (χ1v) is 5.22. The van der Waals surface area contributed by atoms with Crippen LogP contribution in [0.25, 0.3) is 0 Å². The summed E-state index contributed by atoms with van der Waals surface area (Å²) in [6.07, 6.45) is 0. The first-order chi connectivity index (χ1) is 6.84. The third kappa shape index (κ3) is 9.03. The van der Waals surface area contributed by atoms with E-state index in [-0.39, 0.29) is 12.3 Å². The van der Waals surface area contributed by atoms with Crippen molar-refractivity contribution in [1.82, 2.24) is 0 Å². The van der Waals surface area contributed by atoms with Gasteiger partial charge in [-0.2, -0.15) is 8.42 Å². The quantitative estimate of drug-likeness (QED) is 0.495. The molecule has 0 radical (unpaired) electrons. The Morgan fingerprint density at radius 1 is 1.20 bits per heavy atom. The van der Waals surface area contributed by atoms with Crippen molar-refractivity contribution in [3.8, 4) is 0 Å². The van der Waals surface area contributed by atoms with Gasteiger partial charge in [-0.15, -0.1) is 0 Å². The normalized spacial score (nSPS) is 10.1.